The highest BCUT2D eigenvalue weighted by Gasteiger charge is 2.21. The van der Waals surface area contributed by atoms with Gasteiger partial charge in [-0.3, -0.25) is 4.90 Å². The van der Waals surface area contributed by atoms with Crippen LogP contribution in [0.15, 0.2) is 16.7 Å². The summed E-state index contributed by atoms with van der Waals surface area (Å²) >= 11 is 0. The fourth-order valence-corrected chi connectivity index (χ4v) is 2.92. The van der Waals surface area contributed by atoms with Crippen LogP contribution in [0.2, 0.25) is 0 Å². The highest BCUT2D eigenvalue weighted by atomic mass is 16.3. The van der Waals surface area contributed by atoms with Gasteiger partial charge in [-0.1, -0.05) is 13.8 Å². The van der Waals surface area contributed by atoms with E-state index in [1.165, 1.54) is 31.5 Å². The second kappa shape index (κ2) is 7.97. The third-order valence-corrected chi connectivity index (χ3v) is 4.31. The van der Waals surface area contributed by atoms with Gasteiger partial charge in [0.1, 0.15) is 5.76 Å². The van der Waals surface area contributed by atoms with Gasteiger partial charge in [-0.05, 0) is 58.6 Å². The lowest BCUT2D eigenvalue weighted by Crippen LogP contribution is -2.41. The van der Waals surface area contributed by atoms with Gasteiger partial charge in [0.15, 0.2) is 0 Å². The van der Waals surface area contributed by atoms with Gasteiger partial charge in [0.2, 0.25) is 0 Å². The molecule has 0 amide bonds. The topological polar surface area (TPSA) is 31.7 Å². The zero-order valence-corrected chi connectivity index (χ0v) is 14.1. The van der Waals surface area contributed by atoms with Crippen molar-refractivity contribution in [3.63, 3.8) is 0 Å². The average molecular weight is 293 g/mol. The lowest BCUT2D eigenvalue weighted by Gasteiger charge is -2.34. The zero-order chi connectivity index (χ0) is 15.2. The summed E-state index contributed by atoms with van der Waals surface area (Å²) in [6.07, 6.45) is 4.41. The maximum absolute atomic E-state index is 5.71. The summed E-state index contributed by atoms with van der Waals surface area (Å²) < 4.78 is 5.71. The van der Waals surface area contributed by atoms with Crippen LogP contribution in [0.4, 0.5) is 0 Å². The van der Waals surface area contributed by atoms with Crippen molar-refractivity contribution >= 4 is 0 Å². The van der Waals surface area contributed by atoms with E-state index in [1.807, 2.05) is 6.26 Å². The van der Waals surface area contributed by atoms with Crippen molar-refractivity contribution in [1.29, 1.82) is 0 Å². The van der Waals surface area contributed by atoms with E-state index in [2.05, 4.69) is 49.1 Å². The molecule has 0 unspecified atom stereocenters. The monoisotopic (exact) mass is 293 g/mol. The number of hydrogen-bond acceptors (Lipinski definition) is 4. The van der Waals surface area contributed by atoms with E-state index in [4.69, 9.17) is 4.42 Å². The Balaban J connectivity index is 1.76. The highest BCUT2D eigenvalue weighted by Crippen LogP contribution is 2.17. The molecule has 0 aromatic carbocycles. The van der Waals surface area contributed by atoms with E-state index < -0.39 is 0 Å². The Kier molecular flexibility index (Phi) is 6.27. The molecule has 0 aliphatic carbocycles. The molecule has 2 rings (SSSR count). The molecule has 0 spiro atoms. The smallest absolute Gasteiger partial charge is 0.118 e. The molecule has 0 saturated carbocycles. The van der Waals surface area contributed by atoms with Gasteiger partial charge < -0.3 is 14.6 Å². The van der Waals surface area contributed by atoms with Crippen LogP contribution >= 0.6 is 0 Å². The van der Waals surface area contributed by atoms with Crippen molar-refractivity contribution in [2.24, 2.45) is 5.92 Å². The summed E-state index contributed by atoms with van der Waals surface area (Å²) in [5.74, 6) is 1.77. The Morgan fingerprint density at radius 3 is 2.76 bits per heavy atom. The number of nitrogens with zero attached hydrogens (tertiary/aromatic N) is 2. The molecule has 1 saturated heterocycles. The third-order valence-electron chi connectivity index (χ3n) is 4.31. The van der Waals surface area contributed by atoms with E-state index in [1.54, 1.807) is 0 Å². The van der Waals surface area contributed by atoms with Crippen LogP contribution in [0.25, 0.3) is 0 Å². The molecule has 1 aliphatic heterocycles. The molecule has 0 atom stereocenters. The van der Waals surface area contributed by atoms with Gasteiger partial charge in [0.25, 0.3) is 0 Å². The predicted octanol–water partition coefficient (Wildman–Crippen LogP) is 2.55. The minimum absolute atomic E-state index is 0.687. The van der Waals surface area contributed by atoms with Gasteiger partial charge in [-0.2, -0.15) is 0 Å². The molecular formula is C17H31N3O. The standard InChI is InChI=1S/C17H31N3O/c1-14(2)10-18-11-15-9-17(21-13-15)12-20(4)16-5-7-19(3)8-6-16/h9,13-14,16,18H,5-8,10-12H2,1-4H3. The lowest BCUT2D eigenvalue weighted by atomic mass is 10.0. The Hall–Kier alpha value is -0.840. The molecule has 21 heavy (non-hydrogen) atoms. The number of furan rings is 1. The molecule has 120 valence electrons. The van der Waals surface area contributed by atoms with E-state index in [9.17, 15) is 0 Å². The van der Waals surface area contributed by atoms with Crippen LogP contribution in [0.1, 0.15) is 38.0 Å². The Labute approximate surface area is 129 Å². The van der Waals surface area contributed by atoms with E-state index in [0.717, 1.165) is 25.4 Å². The molecule has 0 radical (unpaired) electrons. The van der Waals surface area contributed by atoms with Crippen molar-refractivity contribution in [1.82, 2.24) is 15.1 Å². The molecule has 1 aromatic heterocycles. The summed E-state index contributed by atoms with van der Waals surface area (Å²) in [6.45, 7) is 9.73. The third kappa shape index (κ3) is 5.46. The number of hydrogen-bond donors (Lipinski definition) is 1. The predicted molar refractivity (Wildman–Crippen MR) is 87.2 cm³/mol. The lowest BCUT2D eigenvalue weighted by molar-refractivity contribution is 0.132. The van der Waals surface area contributed by atoms with Crippen molar-refractivity contribution < 1.29 is 4.42 Å². The van der Waals surface area contributed by atoms with Crippen LogP contribution in [-0.2, 0) is 13.1 Å². The number of piperidine rings is 1. The number of rotatable bonds is 7. The largest absolute Gasteiger partial charge is 0.468 e. The van der Waals surface area contributed by atoms with Crippen LogP contribution in [0.5, 0.6) is 0 Å². The van der Waals surface area contributed by atoms with E-state index in [-0.39, 0.29) is 0 Å². The normalized spacial score (nSPS) is 18.0. The van der Waals surface area contributed by atoms with Crippen LogP contribution < -0.4 is 5.32 Å². The van der Waals surface area contributed by atoms with Gasteiger partial charge in [0, 0.05) is 18.2 Å². The van der Waals surface area contributed by atoms with Gasteiger partial charge in [0.05, 0.1) is 12.8 Å². The first-order valence-electron chi connectivity index (χ1n) is 8.20. The molecular weight excluding hydrogens is 262 g/mol. The Bertz CT molecular complexity index is 408. The summed E-state index contributed by atoms with van der Waals surface area (Å²) in [6, 6.07) is 2.88. The van der Waals surface area contributed by atoms with Crippen molar-refractivity contribution in [3.8, 4) is 0 Å². The zero-order valence-electron chi connectivity index (χ0n) is 14.1. The van der Waals surface area contributed by atoms with Crippen molar-refractivity contribution in [3.05, 3.63) is 23.7 Å². The molecule has 1 aliphatic rings. The highest BCUT2D eigenvalue weighted by molar-refractivity contribution is 5.12. The Morgan fingerprint density at radius 2 is 2.10 bits per heavy atom. The average Bonchev–Trinajstić information content (AvgIpc) is 2.86. The second-order valence-corrected chi connectivity index (χ2v) is 6.90. The second-order valence-electron chi connectivity index (χ2n) is 6.90. The van der Waals surface area contributed by atoms with E-state index in [0.29, 0.717) is 12.0 Å². The van der Waals surface area contributed by atoms with Gasteiger partial charge >= 0.3 is 0 Å². The molecule has 1 aromatic rings. The number of likely N-dealkylation sites (tertiary alicyclic amines) is 1. The number of nitrogens with one attached hydrogen (secondary N) is 1. The summed E-state index contributed by atoms with van der Waals surface area (Å²) in [5, 5.41) is 3.46. The first-order valence-corrected chi connectivity index (χ1v) is 8.20. The van der Waals surface area contributed by atoms with Crippen molar-refractivity contribution in [2.45, 2.75) is 45.8 Å². The SMILES string of the molecule is CC(C)CNCc1coc(CN(C)C2CCN(C)CC2)c1. The summed E-state index contributed by atoms with van der Waals surface area (Å²) in [4.78, 5) is 4.85. The minimum atomic E-state index is 0.687. The molecule has 2 heterocycles. The maximum Gasteiger partial charge on any atom is 0.118 e. The van der Waals surface area contributed by atoms with E-state index >= 15 is 0 Å². The molecule has 1 N–H and O–H groups in total. The first kappa shape index (κ1) is 16.5. The molecule has 0 bridgehead atoms. The van der Waals surface area contributed by atoms with Crippen LogP contribution in [0.3, 0.4) is 0 Å². The quantitative estimate of drug-likeness (QED) is 0.837. The summed E-state index contributed by atoms with van der Waals surface area (Å²) in [7, 11) is 4.42. The molecule has 1 fully saturated rings. The van der Waals surface area contributed by atoms with Crippen molar-refractivity contribution in [2.75, 3.05) is 33.7 Å². The fourth-order valence-electron chi connectivity index (χ4n) is 2.92. The first-order chi connectivity index (χ1) is 10.0. The summed E-state index contributed by atoms with van der Waals surface area (Å²) in [5.41, 5.74) is 1.25. The minimum Gasteiger partial charge on any atom is -0.468 e. The fraction of sp³-hybridized carbons (Fsp3) is 0.765. The van der Waals surface area contributed by atoms with Gasteiger partial charge in [-0.25, -0.2) is 0 Å². The van der Waals surface area contributed by atoms with Crippen LogP contribution in [0, 0.1) is 5.92 Å². The van der Waals surface area contributed by atoms with Crippen LogP contribution in [-0.4, -0.2) is 49.6 Å². The molecule has 4 nitrogen and oxygen atoms in total. The van der Waals surface area contributed by atoms with Gasteiger partial charge in [-0.15, -0.1) is 0 Å². The molecule has 4 heteroatoms. The Morgan fingerprint density at radius 1 is 1.38 bits per heavy atom. The maximum atomic E-state index is 5.71.